The van der Waals surface area contributed by atoms with Gasteiger partial charge in [-0.15, -0.1) is 0 Å². The van der Waals surface area contributed by atoms with Crippen LogP contribution in [0.25, 0.3) is 0 Å². The van der Waals surface area contributed by atoms with Crippen molar-refractivity contribution in [2.24, 2.45) is 5.73 Å². The third-order valence-corrected chi connectivity index (χ3v) is 1.55. The molecule has 1 aromatic carbocycles. The first-order chi connectivity index (χ1) is 5.25. The van der Waals surface area contributed by atoms with Crippen LogP contribution >= 0.6 is 0 Å². The molecule has 0 spiro atoms. The molecule has 1 aromatic rings. The minimum Gasteiger partial charge on any atom is -0.326 e. The predicted molar refractivity (Wildman–Crippen MR) is 43.2 cm³/mol. The highest BCUT2D eigenvalue weighted by atomic mass is 16.1. The van der Waals surface area contributed by atoms with Crippen LogP contribution in [0.4, 0.5) is 0 Å². The molecule has 0 amide bonds. The Kier molecular flexibility index (Phi) is 2.39. The summed E-state index contributed by atoms with van der Waals surface area (Å²) in [5.41, 5.74) is 6.98. The van der Waals surface area contributed by atoms with E-state index in [0.717, 1.165) is 5.56 Å². The maximum atomic E-state index is 11.0. The number of ketones is 1. The van der Waals surface area contributed by atoms with Gasteiger partial charge in [-0.05, 0) is 24.6 Å². The monoisotopic (exact) mass is 148 g/mol. The average molecular weight is 148 g/mol. The van der Waals surface area contributed by atoms with Crippen LogP contribution < -0.4 is 5.73 Å². The predicted octanol–water partition coefficient (Wildman–Crippen LogP) is 1.15. The molecule has 0 atom stereocenters. The number of carbonyl (C=O) groups is 1. The zero-order valence-corrected chi connectivity index (χ0v) is 6.42. The third-order valence-electron chi connectivity index (χ3n) is 1.55. The van der Waals surface area contributed by atoms with Crippen molar-refractivity contribution in [1.82, 2.24) is 0 Å². The van der Waals surface area contributed by atoms with E-state index in [2.05, 4.69) is 6.07 Å². The topological polar surface area (TPSA) is 43.1 Å². The zero-order chi connectivity index (χ0) is 8.27. The SMILES string of the molecule is CC(=O)c1cc[c]cc1CN. The number of benzene rings is 1. The van der Waals surface area contributed by atoms with E-state index in [-0.39, 0.29) is 5.78 Å². The van der Waals surface area contributed by atoms with Gasteiger partial charge in [0.1, 0.15) is 0 Å². The molecule has 2 heteroatoms. The van der Waals surface area contributed by atoms with E-state index in [1.807, 2.05) is 0 Å². The summed E-state index contributed by atoms with van der Waals surface area (Å²) in [5.74, 6) is 0.0550. The van der Waals surface area contributed by atoms with Crippen molar-refractivity contribution in [3.63, 3.8) is 0 Å². The van der Waals surface area contributed by atoms with Gasteiger partial charge in [0, 0.05) is 12.1 Å². The van der Waals surface area contributed by atoms with Gasteiger partial charge < -0.3 is 5.73 Å². The van der Waals surface area contributed by atoms with E-state index in [4.69, 9.17) is 5.73 Å². The van der Waals surface area contributed by atoms with Crippen LogP contribution in [-0.4, -0.2) is 5.78 Å². The van der Waals surface area contributed by atoms with Gasteiger partial charge in [-0.3, -0.25) is 4.79 Å². The highest BCUT2D eigenvalue weighted by Gasteiger charge is 2.02. The molecule has 1 rings (SSSR count). The van der Waals surface area contributed by atoms with Gasteiger partial charge in [0.25, 0.3) is 0 Å². The number of rotatable bonds is 2. The normalized spacial score (nSPS) is 9.64. The van der Waals surface area contributed by atoms with Gasteiger partial charge in [-0.1, -0.05) is 12.1 Å². The molecular formula is C9H10NO. The largest absolute Gasteiger partial charge is 0.326 e. The van der Waals surface area contributed by atoms with Crippen LogP contribution in [0.3, 0.4) is 0 Å². The lowest BCUT2D eigenvalue weighted by Crippen LogP contribution is -2.04. The van der Waals surface area contributed by atoms with Crippen LogP contribution in [0.5, 0.6) is 0 Å². The minimum atomic E-state index is 0.0550. The van der Waals surface area contributed by atoms with Crippen LogP contribution in [0.2, 0.25) is 0 Å². The summed E-state index contributed by atoms with van der Waals surface area (Å²) in [6, 6.07) is 8.08. The van der Waals surface area contributed by atoms with Gasteiger partial charge >= 0.3 is 0 Å². The average Bonchev–Trinajstić information content (AvgIpc) is 2.04. The first-order valence-corrected chi connectivity index (χ1v) is 3.45. The molecule has 0 aromatic heterocycles. The molecule has 57 valence electrons. The highest BCUT2D eigenvalue weighted by molar-refractivity contribution is 5.95. The molecule has 0 saturated carbocycles. The van der Waals surface area contributed by atoms with Crippen LogP contribution in [0, 0.1) is 6.07 Å². The summed E-state index contributed by atoms with van der Waals surface area (Å²) in [5, 5.41) is 0. The summed E-state index contributed by atoms with van der Waals surface area (Å²) in [6.07, 6.45) is 0. The Balaban J connectivity index is 3.12. The molecule has 11 heavy (non-hydrogen) atoms. The molecule has 0 aliphatic heterocycles. The highest BCUT2D eigenvalue weighted by Crippen LogP contribution is 2.07. The van der Waals surface area contributed by atoms with Crippen molar-refractivity contribution in [3.05, 3.63) is 35.4 Å². The molecule has 2 nitrogen and oxygen atoms in total. The summed E-state index contributed by atoms with van der Waals surface area (Å²) < 4.78 is 0. The lowest BCUT2D eigenvalue weighted by Gasteiger charge is -2.01. The Morgan fingerprint density at radius 3 is 2.91 bits per heavy atom. The van der Waals surface area contributed by atoms with E-state index in [0.29, 0.717) is 12.1 Å². The van der Waals surface area contributed by atoms with Crippen molar-refractivity contribution in [1.29, 1.82) is 0 Å². The number of nitrogens with two attached hydrogens (primary N) is 1. The molecule has 1 radical (unpaired) electrons. The smallest absolute Gasteiger partial charge is 0.160 e. The molecule has 0 saturated heterocycles. The minimum absolute atomic E-state index is 0.0550. The molecule has 2 N–H and O–H groups in total. The van der Waals surface area contributed by atoms with Crippen LogP contribution in [-0.2, 0) is 6.54 Å². The summed E-state index contributed by atoms with van der Waals surface area (Å²) in [7, 11) is 0. The summed E-state index contributed by atoms with van der Waals surface area (Å²) >= 11 is 0. The molecule has 0 aliphatic rings. The second-order valence-corrected chi connectivity index (χ2v) is 2.34. The van der Waals surface area contributed by atoms with Crippen molar-refractivity contribution >= 4 is 5.78 Å². The molecule has 0 bridgehead atoms. The van der Waals surface area contributed by atoms with E-state index >= 15 is 0 Å². The number of Topliss-reactive ketones (excluding diaryl/α,β-unsaturated/α-hetero) is 1. The maximum absolute atomic E-state index is 11.0. The molecule has 0 heterocycles. The molecule has 0 unspecified atom stereocenters. The van der Waals surface area contributed by atoms with Gasteiger partial charge in [0.15, 0.2) is 5.78 Å². The first-order valence-electron chi connectivity index (χ1n) is 3.45. The Hall–Kier alpha value is -1.15. The van der Waals surface area contributed by atoms with Gasteiger partial charge in [-0.25, -0.2) is 0 Å². The van der Waals surface area contributed by atoms with Gasteiger partial charge in [0.05, 0.1) is 0 Å². The molecule has 0 aliphatic carbocycles. The van der Waals surface area contributed by atoms with Crippen molar-refractivity contribution in [3.8, 4) is 0 Å². The van der Waals surface area contributed by atoms with E-state index in [9.17, 15) is 4.79 Å². The Bertz CT molecular complexity index is 268. The number of hydrogen-bond donors (Lipinski definition) is 1. The van der Waals surface area contributed by atoms with Crippen LogP contribution in [0.15, 0.2) is 18.2 Å². The van der Waals surface area contributed by atoms with Crippen molar-refractivity contribution in [2.75, 3.05) is 0 Å². The molecular weight excluding hydrogens is 138 g/mol. The summed E-state index contributed by atoms with van der Waals surface area (Å²) in [6.45, 7) is 1.93. The fourth-order valence-electron chi connectivity index (χ4n) is 0.977. The van der Waals surface area contributed by atoms with E-state index < -0.39 is 0 Å². The third kappa shape index (κ3) is 1.65. The fourth-order valence-corrected chi connectivity index (χ4v) is 0.977. The van der Waals surface area contributed by atoms with Crippen molar-refractivity contribution < 1.29 is 4.79 Å². The fraction of sp³-hybridized carbons (Fsp3) is 0.222. The Morgan fingerprint density at radius 2 is 2.45 bits per heavy atom. The second kappa shape index (κ2) is 3.30. The quantitative estimate of drug-likeness (QED) is 0.639. The standard InChI is InChI=1S/C9H10NO/c1-7(11)9-5-3-2-4-8(9)6-10/h3-5H,6,10H2,1H3. The first kappa shape index (κ1) is 7.95. The van der Waals surface area contributed by atoms with Gasteiger partial charge in [-0.2, -0.15) is 0 Å². The lowest BCUT2D eigenvalue weighted by atomic mass is 10.1. The van der Waals surface area contributed by atoms with Gasteiger partial charge in [0.2, 0.25) is 0 Å². The number of hydrogen-bond acceptors (Lipinski definition) is 2. The van der Waals surface area contributed by atoms with E-state index in [1.165, 1.54) is 6.92 Å². The zero-order valence-electron chi connectivity index (χ0n) is 6.42. The maximum Gasteiger partial charge on any atom is 0.160 e. The Morgan fingerprint density at radius 1 is 1.73 bits per heavy atom. The number of carbonyl (C=O) groups excluding carboxylic acids is 1. The van der Waals surface area contributed by atoms with Crippen LogP contribution in [0.1, 0.15) is 22.8 Å². The lowest BCUT2D eigenvalue weighted by molar-refractivity contribution is 0.101. The van der Waals surface area contributed by atoms with E-state index in [1.54, 1.807) is 18.2 Å². The second-order valence-electron chi connectivity index (χ2n) is 2.34. The van der Waals surface area contributed by atoms with Crippen molar-refractivity contribution in [2.45, 2.75) is 13.5 Å². The Labute approximate surface area is 66.0 Å². The summed E-state index contributed by atoms with van der Waals surface area (Å²) in [4.78, 5) is 11.0. The molecule has 0 fully saturated rings.